The Morgan fingerprint density at radius 2 is 1.55 bits per heavy atom. The van der Waals surface area contributed by atoms with Crippen molar-refractivity contribution in [2.75, 3.05) is 29.5 Å². The summed E-state index contributed by atoms with van der Waals surface area (Å²) in [4.78, 5) is 25.0. The van der Waals surface area contributed by atoms with E-state index in [1.54, 1.807) is 48.5 Å². The summed E-state index contributed by atoms with van der Waals surface area (Å²) < 4.78 is 29.8. The monoisotopic (exact) mass is 467 g/mol. The van der Waals surface area contributed by atoms with E-state index in [4.69, 9.17) is 4.74 Å². The summed E-state index contributed by atoms with van der Waals surface area (Å²) in [6.45, 7) is 0.0941. The first kappa shape index (κ1) is 23.8. The molecule has 0 atom stereocenters. The summed E-state index contributed by atoms with van der Waals surface area (Å²) in [5.74, 6) is -0.332. The Morgan fingerprint density at radius 1 is 0.909 bits per heavy atom. The molecule has 2 amide bonds. The standard InChI is InChI=1S/C24H25N3O5S/c1-27(33(2,30)31)19-12-14-20(15-13-19)32-17-23(28)26-22-11-7-6-10-21(22)24(29)25-16-18-8-4-3-5-9-18/h3-15H,16-17H2,1-2H3,(H,25,29)(H,26,28). The minimum Gasteiger partial charge on any atom is -0.484 e. The van der Waals surface area contributed by atoms with Gasteiger partial charge in [0.2, 0.25) is 10.0 Å². The Hall–Kier alpha value is -3.85. The smallest absolute Gasteiger partial charge is 0.262 e. The van der Waals surface area contributed by atoms with Crippen LogP contribution in [0.15, 0.2) is 78.9 Å². The van der Waals surface area contributed by atoms with E-state index in [1.165, 1.54) is 7.05 Å². The zero-order valence-corrected chi connectivity index (χ0v) is 19.1. The van der Waals surface area contributed by atoms with Gasteiger partial charge in [-0.25, -0.2) is 8.42 Å². The molecule has 0 saturated carbocycles. The van der Waals surface area contributed by atoms with E-state index in [0.717, 1.165) is 16.1 Å². The molecule has 0 aliphatic heterocycles. The number of amides is 2. The number of anilines is 2. The largest absolute Gasteiger partial charge is 0.484 e. The van der Waals surface area contributed by atoms with Gasteiger partial charge in [-0.3, -0.25) is 13.9 Å². The average Bonchev–Trinajstić information content (AvgIpc) is 2.81. The SMILES string of the molecule is CN(c1ccc(OCC(=O)Nc2ccccc2C(=O)NCc2ccccc2)cc1)S(C)(=O)=O. The van der Waals surface area contributed by atoms with Crippen molar-refractivity contribution in [3.05, 3.63) is 90.0 Å². The lowest BCUT2D eigenvalue weighted by Gasteiger charge is -2.17. The second-order valence-corrected chi connectivity index (χ2v) is 9.29. The zero-order valence-electron chi connectivity index (χ0n) is 18.3. The van der Waals surface area contributed by atoms with E-state index in [1.807, 2.05) is 30.3 Å². The van der Waals surface area contributed by atoms with Crippen LogP contribution in [0, 0.1) is 0 Å². The van der Waals surface area contributed by atoms with Crippen LogP contribution >= 0.6 is 0 Å². The summed E-state index contributed by atoms with van der Waals surface area (Å²) in [5, 5.41) is 5.54. The van der Waals surface area contributed by atoms with Crippen molar-refractivity contribution in [3.8, 4) is 5.75 Å². The van der Waals surface area contributed by atoms with Crippen LogP contribution in [0.25, 0.3) is 0 Å². The maximum atomic E-state index is 12.6. The molecular formula is C24H25N3O5S. The number of hydrogen-bond acceptors (Lipinski definition) is 5. The fourth-order valence-electron chi connectivity index (χ4n) is 2.94. The van der Waals surface area contributed by atoms with Gasteiger partial charge in [0.05, 0.1) is 23.2 Å². The third-order valence-electron chi connectivity index (χ3n) is 4.81. The Balaban J connectivity index is 1.57. The number of sulfonamides is 1. The molecule has 0 bridgehead atoms. The summed E-state index contributed by atoms with van der Waals surface area (Å²) in [5.41, 5.74) is 2.16. The maximum Gasteiger partial charge on any atom is 0.262 e. The molecule has 0 aliphatic rings. The average molecular weight is 468 g/mol. The maximum absolute atomic E-state index is 12.6. The van der Waals surface area contributed by atoms with Crippen molar-refractivity contribution in [2.45, 2.75) is 6.54 Å². The Labute approximate surface area is 193 Å². The predicted octanol–water partition coefficient (Wildman–Crippen LogP) is 3.03. The summed E-state index contributed by atoms with van der Waals surface area (Å²) in [6.07, 6.45) is 1.11. The zero-order chi connectivity index (χ0) is 23.8. The number of carbonyl (C=O) groups is 2. The van der Waals surface area contributed by atoms with Crippen molar-refractivity contribution >= 4 is 33.2 Å². The van der Waals surface area contributed by atoms with Crippen LogP contribution < -0.4 is 19.7 Å². The topological polar surface area (TPSA) is 105 Å². The number of para-hydroxylation sites is 1. The van der Waals surface area contributed by atoms with Crippen LogP contribution in [-0.2, 0) is 21.4 Å². The number of rotatable bonds is 9. The highest BCUT2D eigenvalue weighted by molar-refractivity contribution is 7.92. The van der Waals surface area contributed by atoms with E-state index in [0.29, 0.717) is 29.2 Å². The van der Waals surface area contributed by atoms with E-state index in [2.05, 4.69) is 10.6 Å². The van der Waals surface area contributed by atoms with Crippen LogP contribution in [-0.4, -0.2) is 40.1 Å². The van der Waals surface area contributed by atoms with Gasteiger partial charge in [0, 0.05) is 13.6 Å². The van der Waals surface area contributed by atoms with E-state index in [9.17, 15) is 18.0 Å². The Morgan fingerprint density at radius 3 is 2.21 bits per heavy atom. The lowest BCUT2D eigenvalue weighted by molar-refractivity contribution is -0.118. The predicted molar refractivity (Wildman–Crippen MR) is 128 cm³/mol. The fourth-order valence-corrected chi connectivity index (χ4v) is 3.45. The molecule has 172 valence electrons. The minimum absolute atomic E-state index is 0.277. The second kappa shape index (κ2) is 10.6. The highest BCUT2D eigenvalue weighted by Crippen LogP contribution is 2.20. The number of carbonyl (C=O) groups excluding carboxylic acids is 2. The molecule has 0 aromatic heterocycles. The third kappa shape index (κ3) is 6.81. The Kier molecular flexibility index (Phi) is 7.68. The fraction of sp³-hybridized carbons (Fsp3) is 0.167. The van der Waals surface area contributed by atoms with Gasteiger partial charge in [-0.05, 0) is 42.0 Å². The highest BCUT2D eigenvalue weighted by atomic mass is 32.2. The van der Waals surface area contributed by atoms with Crippen LogP contribution in [0.1, 0.15) is 15.9 Å². The van der Waals surface area contributed by atoms with Gasteiger partial charge >= 0.3 is 0 Å². The molecule has 0 fully saturated rings. The van der Waals surface area contributed by atoms with Crippen LogP contribution in [0.2, 0.25) is 0 Å². The van der Waals surface area contributed by atoms with Gasteiger partial charge < -0.3 is 15.4 Å². The molecule has 3 aromatic rings. The van der Waals surface area contributed by atoms with Gasteiger partial charge in [-0.2, -0.15) is 0 Å². The molecule has 0 heterocycles. The van der Waals surface area contributed by atoms with Gasteiger partial charge in [-0.15, -0.1) is 0 Å². The number of nitrogens with one attached hydrogen (secondary N) is 2. The number of ether oxygens (including phenoxy) is 1. The van der Waals surface area contributed by atoms with Gasteiger partial charge in [0.15, 0.2) is 6.61 Å². The van der Waals surface area contributed by atoms with Crippen molar-refractivity contribution in [1.82, 2.24) is 5.32 Å². The van der Waals surface area contributed by atoms with E-state index in [-0.39, 0.29) is 12.5 Å². The lowest BCUT2D eigenvalue weighted by atomic mass is 10.1. The molecule has 0 aliphatic carbocycles. The first-order valence-electron chi connectivity index (χ1n) is 10.1. The summed E-state index contributed by atoms with van der Waals surface area (Å²) in [7, 11) is -1.91. The first-order valence-corrected chi connectivity index (χ1v) is 12.0. The van der Waals surface area contributed by atoms with Crippen molar-refractivity contribution in [2.24, 2.45) is 0 Å². The van der Waals surface area contributed by atoms with Crippen LogP contribution in [0.3, 0.4) is 0 Å². The quantitative estimate of drug-likeness (QED) is 0.503. The normalized spacial score (nSPS) is 10.8. The minimum atomic E-state index is -3.36. The van der Waals surface area contributed by atoms with Gasteiger partial charge in [0.1, 0.15) is 5.75 Å². The second-order valence-electron chi connectivity index (χ2n) is 7.28. The molecule has 2 N–H and O–H groups in total. The molecule has 8 nitrogen and oxygen atoms in total. The Bertz CT molecular complexity index is 1210. The van der Waals surface area contributed by atoms with E-state index < -0.39 is 15.9 Å². The lowest BCUT2D eigenvalue weighted by Crippen LogP contribution is -2.26. The number of hydrogen-bond donors (Lipinski definition) is 2. The number of nitrogens with zero attached hydrogens (tertiary/aromatic N) is 1. The van der Waals surface area contributed by atoms with Crippen LogP contribution in [0.5, 0.6) is 5.75 Å². The van der Waals surface area contributed by atoms with Crippen molar-refractivity contribution in [1.29, 1.82) is 0 Å². The molecule has 0 unspecified atom stereocenters. The summed E-state index contributed by atoms with van der Waals surface area (Å²) in [6, 6.07) is 22.6. The molecule has 0 radical (unpaired) electrons. The molecule has 3 aromatic carbocycles. The number of benzene rings is 3. The first-order chi connectivity index (χ1) is 15.7. The molecule has 9 heteroatoms. The van der Waals surface area contributed by atoms with Crippen molar-refractivity contribution < 1.29 is 22.7 Å². The molecule has 33 heavy (non-hydrogen) atoms. The third-order valence-corrected chi connectivity index (χ3v) is 6.02. The summed E-state index contributed by atoms with van der Waals surface area (Å²) >= 11 is 0. The molecule has 3 rings (SSSR count). The van der Waals surface area contributed by atoms with Gasteiger partial charge in [-0.1, -0.05) is 42.5 Å². The van der Waals surface area contributed by atoms with Gasteiger partial charge in [0.25, 0.3) is 11.8 Å². The van der Waals surface area contributed by atoms with Crippen molar-refractivity contribution in [3.63, 3.8) is 0 Å². The highest BCUT2D eigenvalue weighted by Gasteiger charge is 2.14. The molecule has 0 spiro atoms. The molecule has 0 saturated heterocycles. The van der Waals surface area contributed by atoms with E-state index >= 15 is 0 Å². The van der Waals surface area contributed by atoms with Crippen LogP contribution in [0.4, 0.5) is 11.4 Å². The molecular weight excluding hydrogens is 442 g/mol.